The van der Waals surface area contributed by atoms with E-state index in [1.807, 2.05) is 12.1 Å². The van der Waals surface area contributed by atoms with Gasteiger partial charge in [-0.3, -0.25) is 0 Å². The molecule has 3 aromatic carbocycles. The average Bonchev–Trinajstić information content (AvgIpc) is 3.20. The largest absolute Gasteiger partial charge is 0.497 e. The fraction of sp³-hybridized carbons (Fsp3) is 0.623. The second-order valence-electron chi connectivity index (χ2n) is 22.0. The van der Waals surface area contributed by atoms with Gasteiger partial charge in [0.1, 0.15) is 5.75 Å². The molecule has 0 spiro atoms. The normalized spacial score (nSPS) is 19.0. The second kappa shape index (κ2) is 22.1. The summed E-state index contributed by atoms with van der Waals surface area (Å²) < 4.78 is 41.4. The van der Waals surface area contributed by atoms with Crippen molar-refractivity contribution in [2.45, 2.75) is 193 Å². The Kier molecular flexibility index (Phi) is 18.6. The number of benzene rings is 3. The quantitative estimate of drug-likeness (QED) is 0.0784. The fourth-order valence-electron chi connectivity index (χ4n) is 8.34. The molecule has 0 aliphatic carbocycles. The molecule has 0 amide bonds. The topological polar surface area (TPSA) is 55.4 Å². The van der Waals surface area contributed by atoms with Crippen LogP contribution in [0, 0.1) is 18.3 Å². The van der Waals surface area contributed by atoms with Gasteiger partial charge in [-0.2, -0.15) is 0 Å². The highest BCUT2D eigenvalue weighted by atomic mass is 28.4. The molecule has 1 saturated heterocycles. The first-order valence-corrected chi connectivity index (χ1v) is 31.1. The molecule has 6 atom stereocenters. The van der Waals surface area contributed by atoms with Crippen LogP contribution in [-0.4, -0.2) is 69.2 Å². The SMILES string of the molecule is C#CC(C)[C@@H](C[C@@H](C[C@H](C[C@H]1CCC[C@H](CCO[Si](c2ccccc2)(c2ccccc2)C(C)(C)C)O1)O[Si](C)(C)C(C)(C)C)O[Si](C)(C)C(C)(C)C)OCc1ccc(OC)cc1. The van der Waals surface area contributed by atoms with E-state index >= 15 is 0 Å². The lowest BCUT2D eigenvalue weighted by molar-refractivity contribution is -0.0785. The highest BCUT2D eigenvalue weighted by molar-refractivity contribution is 6.99. The molecule has 3 aromatic rings. The minimum Gasteiger partial charge on any atom is -0.497 e. The maximum absolute atomic E-state index is 7.43. The predicted molar refractivity (Wildman–Crippen MR) is 268 cm³/mol. The van der Waals surface area contributed by atoms with Gasteiger partial charge in [-0.05, 0) is 121 Å². The Morgan fingerprint density at radius 2 is 1.21 bits per heavy atom. The van der Waals surface area contributed by atoms with E-state index in [1.165, 1.54) is 10.4 Å². The summed E-state index contributed by atoms with van der Waals surface area (Å²) in [6.07, 6.45) is 12.4. The summed E-state index contributed by atoms with van der Waals surface area (Å²) in [5.41, 5.74) is 1.09. The molecule has 1 aliphatic rings. The fourth-order valence-corrected chi connectivity index (χ4v) is 15.7. The van der Waals surface area contributed by atoms with E-state index in [1.54, 1.807) is 7.11 Å². The molecule has 0 N–H and O–H groups in total. The van der Waals surface area contributed by atoms with Gasteiger partial charge in [-0.1, -0.05) is 135 Å². The highest BCUT2D eigenvalue weighted by Gasteiger charge is 2.50. The van der Waals surface area contributed by atoms with Crippen LogP contribution >= 0.6 is 0 Å². The van der Waals surface area contributed by atoms with E-state index in [0.29, 0.717) is 19.6 Å². The van der Waals surface area contributed by atoms with E-state index in [4.69, 9.17) is 33.9 Å². The minimum atomic E-state index is -2.64. The third kappa shape index (κ3) is 14.0. The molecule has 62 heavy (non-hydrogen) atoms. The van der Waals surface area contributed by atoms with Crippen LogP contribution in [0.3, 0.4) is 0 Å². The van der Waals surface area contributed by atoms with Crippen molar-refractivity contribution in [1.29, 1.82) is 0 Å². The number of methoxy groups -OCH3 is 1. The van der Waals surface area contributed by atoms with Crippen LogP contribution in [0.5, 0.6) is 5.75 Å². The van der Waals surface area contributed by atoms with Crippen molar-refractivity contribution in [3.05, 3.63) is 90.5 Å². The van der Waals surface area contributed by atoms with Crippen molar-refractivity contribution < 1.29 is 27.5 Å². The summed E-state index contributed by atoms with van der Waals surface area (Å²) in [6.45, 7) is 33.6. The summed E-state index contributed by atoms with van der Waals surface area (Å²) >= 11 is 0. The van der Waals surface area contributed by atoms with Crippen molar-refractivity contribution in [2.24, 2.45) is 5.92 Å². The van der Waals surface area contributed by atoms with Crippen molar-refractivity contribution in [1.82, 2.24) is 0 Å². The molecule has 344 valence electrons. The van der Waals surface area contributed by atoms with Crippen LogP contribution in [0.4, 0.5) is 0 Å². The van der Waals surface area contributed by atoms with Crippen LogP contribution < -0.4 is 15.1 Å². The van der Waals surface area contributed by atoms with Gasteiger partial charge in [0.05, 0.1) is 32.0 Å². The predicted octanol–water partition coefficient (Wildman–Crippen LogP) is 12.7. The van der Waals surface area contributed by atoms with Gasteiger partial charge in [0.25, 0.3) is 8.32 Å². The molecule has 0 bridgehead atoms. The second-order valence-corrected chi connectivity index (χ2v) is 35.8. The van der Waals surface area contributed by atoms with Crippen LogP contribution in [0.1, 0.15) is 120 Å². The van der Waals surface area contributed by atoms with Gasteiger partial charge in [0.2, 0.25) is 0 Å². The Morgan fingerprint density at radius 3 is 1.69 bits per heavy atom. The van der Waals surface area contributed by atoms with Crippen LogP contribution in [0.15, 0.2) is 84.9 Å². The molecule has 1 aliphatic heterocycles. The van der Waals surface area contributed by atoms with E-state index in [-0.39, 0.29) is 51.6 Å². The highest BCUT2D eigenvalue weighted by Crippen LogP contribution is 2.42. The first kappa shape index (κ1) is 52.1. The van der Waals surface area contributed by atoms with Gasteiger partial charge in [0.15, 0.2) is 16.6 Å². The van der Waals surface area contributed by atoms with Crippen LogP contribution in [0.2, 0.25) is 41.3 Å². The average molecular weight is 902 g/mol. The van der Waals surface area contributed by atoms with Gasteiger partial charge >= 0.3 is 0 Å². The third-order valence-electron chi connectivity index (χ3n) is 14.1. The molecular weight excluding hydrogens is 817 g/mol. The molecule has 4 rings (SSSR count). The Labute approximate surface area is 382 Å². The first-order valence-electron chi connectivity index (χ1n) is 23.4. The summed E-state index contributed by atoms with van der Waals surface area (Å²) in [6, 6.07) is 30.0. The van der Waals surface area contributed by atoms with E-state index in [0.717, 1.165) is 49.8 Å². The Balaban J connectivity index is 1.58. The van der Waals surface area contributed by atoms with E-state index < -0.39 is 25.0 Å². The maximum atomic E-state index is 7.43. The summed E-state index contributed by atoms with van der Waals surface area (Å²) in [4.78, 5) is 0. The summed E-state index contributed by atoms with van der Waals surface area (Å²) in [7, 11) is -5.33. The van der Waals surface area contributed by atoms with Crippen LogP contribution in [-0.2, 0) is 29.4 Å². The van der Waals surface area contributed by atoms with Gasteiger partial charge in [-0.25, -0.2) is 0 Å². The number of rotatable bonds is 21. The van der Waals surface area contributed by atoms with Crippen molar-refractivity contribution >= 4 is 35.3 Å². The van der Waals surface area contributed by atoms with Crippen molar-refractivity contribution in [2.75, 3.05) is 13.7 Å². The molecule has 1 unspecified atom stereocenters. The zero-order valence-electron chi connectivity index (χ0n) is 41.4. The van der Waals surface area contributed by atoms with Crippen molar-refractivity contribution in [3.8, 4) is 18.1 Å². The van der Waals surface area contributed by atoms with Gasteiger partial charge in [-0.15, -0.1) is 12.3 Å². The first-order chi connectivity index (χ1) is 28.9. The zero-order valence-corrected chi connectivity index (χ0v) is 44.4. The number of terminal acetylenes is 1. The Morgan fingerprint density at radius 1 is 0.694 bits per heavy atom. The molecule has 0 radical (unpaired) electrons. The number of hydrogen-bond acceptors (Lipinski definition) is 6. The molecule has 1 heterocycles. The smallest absolute Gasteiger partial charge is 0.261 e. The molecule has 0 aromatic heterocycles. The van der Waals surface area contributed by atoms with Gasteiger partial charge in [0, 0.05) is 24.7 Å². The monoisotopic (exact) mass is 901 g/mol. The lowest BCUT2D eigenvalue weighted by Gasteiger charge is -2.44. The Hall–Kier alpha value is -2.53. The number of ether oxygens (including phenoxy) is 3. The molecule has 1 fully saturated rings. The van der Waals surface area contributed by atoms with Crippen molar-refractivity contribution in [3.63, 3.8) is 0 Å². The molecule has 0 saturated carbocycles. The summed E-state index contributed by atoms with van der Waals surface area (Å²) in [5, 5.41) is 2.64. The third-order valence-corrected chi connectivity index (χ3v) is 28.2. The standard InChI is InChI=1S/C53H84O6Si3/c1-17-41(2)50(55-40-42-31-33-43(54-12)34-32-42)39-47(59-61(15,16)52(6,7)8)38-46(58-60(13,14)51(3,4)5)37-45-26-24-25-44(57-45)35-36-56-62(53(9,10)11,48-27-20-18-21-28-48)49-29-22-19-23-30-49/h1,18-23,27-34,41,44-47,50H,24-26,35-40H2,2-16H3/t41?,44-,45-,46+,47-,50-/m1/s1. The minimum absolute atomic E-state index is 0.0360. The maximum Gasteiger partial charge on any atom is 0.261 e. The lowest BCUT2D eigenvalue weighted by Crippen LogP contribution is -2.66. The Bertz CT molecular complexity index is 1770. The molecule has 6 nitrogen and oxygen atoms in total. The number of hydrogen-bond donors (Lipinski definition) is 0. The molecular formula is C53H84O6Si3. The zero-order chi connectivity index (χ0) is 46.0. The van der Waals surface area contributed by atoms with E-state index in [2.05, 4.69) is 174 Å². The lowest BCUT2D eigenvalue weighted by atomic mass is 9.93. The van der Waals surface area contributed by atoms with Gasteiger partial charge < -0.3 is 27.5 Å². The van der Waals surface area contributed by atoms with E-state index in [9.17, 15) is 0 Å². The summed E-state index contributed by atoms with van der Waals surface area (Å²) in [5.74, 6) is 3.75. The van der Waals surface area contributed by atoms with Crippen LogP contribution in [0.25, 0.3) is 0 Å². The molecule has 9 heteroatoms.